The molecule has 9 heteroatoms. The molecule has 0 saturated heterocycles. The quantitative estimate of drug-likeness (QED) is 0.384. The van der Waals surface area contributed by atoms with Crippen LogP contribution >= 0.6 is 34.7 Å². The van der Waals surface area contributed by atoms with Crippen molar-refractivity contribution in [1.82, 2.24) is 4.57 Å². The van der Waals surface area contributed by atoms with Gasteiger partial charge in [-0.15, -0.1) is 11.8 Å². The van der Waals surface area contributed by atoms with E-state index in [0.29, 0.717) is 27.5 Å². The normalized spacial score (nSPS) is 11.7. The molecule has 0 fully saturated rings. The van der Waals surface area contributed by atoms with Crippen LogP contribution in [0.1, 0.15) is 5.56 Å². The van der Waals surface area contributed by atoms with Crippen LogP contribution in [0.2, 0.25) is 5.02 Å². The first kappa shape index (κ1) is 21.0. The van der Waals surface area contributed by atoms with Crippen molar-refractivity contribution in [2.24, 2.45) is 0 Å². The van der Waals surface area contributed by atoms with E-state index in [1.807, 2.05) is 30.5 Å². The predicted molar refractivity (Wildman–Crippen MR) is 126 cm³/mol. The third kappa shape index (κ3) is 4.27. The van der Waals surface area contributed by atoms with E-state index >= 15 is 0 Å². The molecule has 0 aliphatic carbocycles. The van der Waals surface area contributed by atoms with Gasteiger partial charge in [-0.2, -0.15) is 0 Å². The van der Waals surface area contributed by atoms with E-state index in [4.69, 9.17) is 11.6 Å². The van der Waals surface area contributed by atoms with Gasteiger partial charge in [0.25, 0.3) is 10.0 Å². The van der Waals surface area contributed by atoms with Crippen LogP contribution in [-0.4, -0.2) is 19.2 Å². The number of aromatic nitrogens is 1. The fourth-order valence-electron chi connectivity index (χ4n) is 3.07. The molecule has 30 heavy (non-hydrogen) atoms. The molecule has 0 atom stereocenters. The summed E-state index contributed by atoms with van der Waals surface area (Å²) in [5, 5.41) is 0.631. The van der Waals surface area contributed by atoms with E-state index in [9.17, 15) is 13.2 Å². The number of benzene rings is 3. The van der Waals surface area contributed by atoms with Gasteiger partial charge in [0, 0.05) is 9.92 Å². The van der Waals surface area contributed by atoms with Gasteiger partial charge < -0.3 is 0 Å². The van der Waals surface area contributed by atoms with Gasteiger partial charge in [0.2, 0.25) is 0 Å². The van der Waals surface area contributed by atoms with Gasteiger partial charge >= 0.3 is 4.87 Å². The number of para-hydroxylation sites is 1. The molecule has 0 unspecified atom stereocenters. The van der Waals surface area contributed by atoms with Gasteiger partial charge in [-0.1, -0.05) is 47.2 Å². The van der Waals surface area contributed by atoms with E-state index in [2.05, 4.69) is 4.72 Å². The largest absolute Gasteiger partial charge is 0.308 e. The lowest BCUT2D eigenvalue weighted by molar-refractivity contribution is 0.601. The van der Waals surface area contributed by atoms with Gasteiger partial charge in [0.1, 0.15) is 0 Å². The molecule has 1 aromatic heterocycles. The first-order valence-electron chi connectivity index (χ1n) is 8.91. The number of thiazole rings is 1. The molecular weight excluding hydrogens is 460 g/mol. The first-order valence-corrected chi connectivity index (χ1v) is 12.8. The van der Waals surface area contributed by atoms with E-state index in [-0.39, 0.29) is 9.77 Å². The lowest BCUT2D eigenvalue weighted by atomic mass is 10.2. The highest BCUT2D eigenvalue weighted by Gasteiger charge is 2.18. The number of anilines is 1. The zero-order chi connectivity index (χ0) is 21.3. The highest BCUT2D eigenvalue weighted by Crippen LogP contribution is 2.28. The van der Waals surface area contributed by atoms with Crippen molar-refractivity contribution >= 4 is 60.6 Å². The van der Waals surface area contributed by atoms with E-state index < -0.39 is 10.0 Å². The average Bonchev–Trinajstić information content (AvgIpc) is 3.04. The fraction of sp³-hybridized carbons (Fsp3) is 0.0952. The van der Waals surface area contributed by atoms with E-state index in [1.54, 1.807) is 41.0 Å². The van der Waals surface area contributed by atoms with Crippen molar-refractivity contribution in [1.29, 1.82) is 0 Å². The Morgan fingerprint density at radius 1 is 1.07 bits per heavy atom. The Bertz CT molecular complexity index is 1380. The van der Waals surface area contributed by atoms with Crippen LogP contribution in [0.25, 0.3) is 10.2 Å². The van der Waals surface area contributed by atoms with Crippen LogP contribution in [0.5, 0.6) is 0 Å². The molecule has 154 valence electrons. The number of thioether (sulfide) groups is 1. The molecule has 1 N–H and O–H groups in total. The van der Waals surface area contributed by atoms with Crippen molar-refractivity contribution in [3.05, 3.63) is 87.0 Å². The summed E-state index contributed by atoms with van der Waals surface area (Å²) in [6, 6.07) is 19.3. The monoisotopic (exact) mass is 476 g/mol. The molecule has 0 aliphatic rings. The van der Waals surface area contributed by atoms with Crippen molar-refractivity contribution in [2.75, 3.05) is 11.0 Å². The maximum Gasteiger partial charge on any atom is 0.308 e. The predicted octanol–water partition coefficient (Wildman–Crippen LogP) is 5.29. The number of halogens is 1. The summed E-state index contributed by atoms with van der Waals surface area (Å²) in [4.78, 5) is 13.3. The van der Waals surface area contributed by atoms with Crippen molar-refractivity contribution in [3.63, 3.8) is 0 Å². The highest BCUT2D eigenvalue weighted by atomic mass is 35.5. The highest BCUT2D eigenvalue weighted by molar-refractivity contribution is 7.99. The van der Waals surface area contributed by atoms with Gasteiger partial charge in [-0.05, 0) is 54.3 Å². The maximum atomic E-state index is 12.9. The summed E-state index contributed by atoms with van der Waals surface area (Å²) < 4.78 is 30.7. The number of fused-ring (bicyclic) bond motifs is 1. The second-order valence-electron chi connectivity index (χ2n) is 6.52. The van der Waals surface area contributed by atoms with Gasteiger partial charge in [0.05, 0.1) is 27.3 Å². The summed E-state index contributed by atoms with van der Waals surface area (Å²) >= 11 is 8.42. The van der Waals surface area contributed by atoms with Crippen LogP contribution in [-0.2, 0) is 16.6 Å². The van der Waals surface area contributed by atoms with E-state index in [0.717, 1.165) is 21.8 Å². The Morgan fingerprint density at radius 3 is 2.53 bits per heavy atom. The number of hydrogen-bond donors (Lipinski definition) is 1. The Hall–Kier alpha value is -2.26. The average molecular weight is 477 g/mol. The zero-order valence-corrected chi connectivity index (χ0v) is 19.0. The third-order valence-corrected chi connectivity index (χ3v) is 7.91. The van der Waals surface area contributed by atoms with Crippen molar-refractivity contribution < 1.29 is 8.42 Å². The molecule has 0 aliphatic heterocycles. The number of rotatable bonds is 6. The Balaban J connectivity index is 1.68. The number of nitrogens with zero attached hydrogens (tertiary/aromatic N) is 1. The lowest BCUT2D eigenvalue weighted by Gasteiger charge is -2.11. The summed E-state index contributed by atoms with van der Waals surface area (Å²) in [5.74, 6) is 0. The molecule has 0 amide bonds. The summed E-state index contributed by atoms with van der Waals surface area (Å²) in [5.41, 5.74) is 2.16. The molecule has 1 heterocycles. The summed E-state index contributed by atoms with van der Waals surface area (Å²) in [7, 11) is -3.79. The minimum atomic E-state index is -3.79. The molecule has 4 rings (SSSR count). The standard InChI is InChI=1S/C21H17ClN2O3S3/c1-28-19-5-3-2-4-17(19)23-30(26,27)16-10-11-18-20(12-16)29-21(25)24(18)13-14-6-8-15(22)9-7-14/h2-12,23H,13H2,1H3. The number of nitrogens with one attached hydrogen (secondary N) is 1. The summed E-state index contributed by atoms with van der Waals surface area (Å²) in [6.07, 6.45) is 1.89. The minimum Gasteiger partial charge on any atom is -0.294 e. The number of hydrogen-bond acceptors (Lipinski definition) is 5. The Morgan fingerprint density at radius 2 is 1.80 bits per heavy atom. The van der Waals surface area contributed by atoms with Gasteiger partial charge in [0.15, 0.2) is 0 Å². The smallest absolute Gasteiger partial charge is 0.294 e. The van der Waals surface area contributed by atoms with E-state index in [1.165, 1.54) is 17.8 Å². The third-order valence-electron chi connectivity index (χ3n) is 4.56. The molecule has 0 bridgehead atoms. The molecule has 0 saturated carbocycles. The molecule has 3 aromatic carbocycles. The van der Waals surface area contributed by atoms with Gasteiger partial charge in [-0.3, -0.25) is 14.1 Å². The van der Waals surface area contributed by atoms with Crippen LogP contribution in [0.15, 0.2) is 81.3 Å². The SMILES string of the molecule is CSc1ccccc1NS(=O)(=O)c1ccc2c(c1)sc(=O)n2Cc1ccc(Cl)cc1. The maximum absolute atomic E-state index is 12.9. The molecule has 5 nitrogen and oxygen atoms in total. The lowest BCUT2D eigenvalue weighted by Crippen LogP contribution is -2.14. The molecule has 4 aromatic rings. The number of sulfonamides is 1. The second-order valence-corrected chi connectivity index (χ2v) is 10.5. The minimum absolute atomic E-state index is 0.116. The van der Waals surface area contributed by atoms with Crippen LogP contribution in [0, 0.1) is 0 Å². The van der Waals surface area contributed by atoms with Crippen molar-refractivity contribution in [2.45, 2.75) is 16.3 Å². The van der Waals surface area contributed by atoms with Crippen LogP contribution < -0.4 is 9.60 Å². The molecular formula is C21H17ClN2O3S3. The Labute approximate surface area is 187 Å². The van der Waals surface area contributed by atoms with Crippen molar-refractivity contribution in [3.8, 4) is 0 Å². The topological polar surface area (TPSA) is 68.2 Å². The van der Waals surface area contributed by atoms with Gasteiger partial charge in [-0.25, -0.2) is 8.42 Å². The Kier molecular flexibility index (Phi) is 5.92. The molecule has 0 spiro atoms. The first-order chi connectivity index (χ1) is 14.4. The molecule has 0 radical (unpaired) electrons. The van der Waals surface area contributed by atoms with Crippen LogP contribution in [0.3, 0.4) is 0 Å². The summed E-state index contributed by atoms with van der Waals surface area (Å²) in [6.45, 7) is 0.390. The zero-order valence-electron chi connectivity index (χ0n) is 15.8. The second kappa shape index (κ2) is 8.47. The van der Waals surface area contributed by atoms with Crippen LogP contribution in [0.4, 0.5) is 5.69 Å². The fourth-order valence-corrected chi connectivity index (χ4v) is 5.92.